The van der Waals surface area contributed by atoms with Crippen LogP contribution in [-0.4, -0.2) is 42.9 Å². The number of benzene rings is 2. The first-order valence-electron chi connectivity index (χ1n) is 9.25. The monoisotopic (exact) mass is 367 g/mol. The Hall–Kier alpha value is -2.89. The zero-order valence-electron chi connectivity index (χ0n) is 15.0. The van der Waals surface area contributed by atoms with Crippen LogP contribution < -0.4 is 10.2 Å². The number of nitrogens with one attached hydrogen (secondary N) is 1. The maximum atomic E-state index is 14.0. The Morgan fingerprint density at radius 3 is 2.15 bits per heavy atom. The Labute approximate surface area is 157 Å². The highest BCUT2D eigenvalue weighted by Crippen LogP contribution is 2.48. The number of hydrogen-bond donors (Lipinski definition) is 1. The van der Waals surface area contributed by atoms with Gasteiger partial charge in [-0.3, -0.25) is 9.59 Å². The van der Waals surface area contributed by atoms with Crippen molar-refractivity contribution in [1.29, 1.82) is 0 Å². The minimum Gasteiger partial charge on any atom is -0.366 e. The molecule has 140 valence electrons. The molecule has 4 rings (SSSR count). The lowest BCUT2D eigenvalue weighted by molar-refractivity contribution is -0.142. The summed E-state index contributed by atoms with van der Waals surface area (Å²) in [5.41, 5.74) is 0.328. The van der Waals surface area contributed by atoms with E-state index in [0.717, 1.165) is 0 Å². The number of rotatable bonds is 4. The van der Waals surface area contributed by atoms with Crippen LogP contribution in [0.15, 0.2) is 54.6 Å². The fourth-order valence-electron chi connectivity index (χ4n) is 3.60. The molecule has 1 heterocycles. The van der Waals surface area contributed by atoms with Crippen molar-refractivity contribution < 1.29 is 14.0 Å². The number of nitrogens with zero attached hydrogens (tertiary/aromatic N) is 2. The van der Waals surface area contributed by atoms with Gasteiger partial charge in [-0.05, 0) is 37.1 Å². The SMILES string of the molecule is O=C(Nc1ccccc1)C1(C(=O)N2CCN(c3ccccc3F)CC2)CC1. The standard InChI is InChI=1S/C21H22FN3O2/c22-17-8-4-5-9-18(17)24-12-14-25(15-13-24)20(27)21(10-11-21)19(26)23-16-6-2-1-3-7-16/h1-9H,10-15H2,(H,23,26). The van der Waals surface area contributed by atoms with Gasteiger partial charge in [-0.2, -0.15) is 0 Å². The summed E-state index contributed by atoms with van der Waals surface area (Å²) >= 11 is 0. The Morgan fingerprint density at radius 2 is 1.52 bits per heavy atom. The van der Waals surface area contributed by atoms with Crippen molar-refractivity contribution in [2.75, 3.05) is 36.4 Å². The topological polar surface area (TPSA) is 52.7 Å². The van der Waals surface area contributed by atoms with Crippen LogP contribution in [0.1, 0.15) is 12.8 Å². The predicted molar refractivity (Wildman–Crippen MR) is 102 cm³/mol. The van der Waals surface area contributed by atoms with E-state index < -0.39 is 5.41 Å². The van der Waals surface area contributed by atoms with Crippen molar-refractivity contribution in [3.05, 3.63) is 60.4 Å². The summed E-state index contributed by atoms with van der Waals surface area (Å²) < 4.78 is 14.0. The predicted octanol–water partition coefficient (Wildman–Crippen LogP) is 2.89. The zero-order valence-corrected chi connectivity index (χ0v) is 15.0. The highest BCUT2D eigenvalue weighted by atomic mass is 19.1. The average Bonchev–Trinajstić information content (AvgIpc) is 3.51. The summed E-state index contributed by atoms with van der Waals surface area (Å²) in [4.78, 5) is 29.4. The summed E-state index contributed by atoms with van der Waals surface area (Å²) in [6, 6.07) is 15.9. The van der Waals surface area contributed by atoms with Gasteiger partial charge >= 0.3 is 0 Å². The molecule has 0 aromatic heterocycles. The molecule has 0 unspecified atom stereocenters. The fraction of sp³-hybridized carbons (Fsp3) is 0.333. The molecule has 1 saturated carbocycles. The van der Waals surface area contributed by atoms with Gasteiger partial charge in [-0.1, -0.05) is 30.3 Å². The van der Waals surface area contributed by atoms with Crippen LogP contribution in [0.5, 0.6) is 0 Å². The molecule has 2 aliphatic rings. The number of amides is 2. The van der Waals surface area contributed by atoms with Crippen LogP contribution in [0.25, 0.3) is 0 Å². The minimum atomic E-state index is -0.935. The van der Waals surface area contributed by atoms with Crippen LogP contribution in [-0.2, 0) is 9.59 Å². The number of anilines is 2. The smallest absolute Gasteiger partial charge is 0.240 e. The minimum absolute atomic E-state index is 0.107. The van der Waals surface area contributed by atoms with E-state index in [2.05, 4.69) is 5.32 Å². The molecule has 0 atom stereocenters. The maximum absolute atomic E-state index is 14.0. The van der Waals surface area contributed by atoms with Gasteiger partial charge < -0.3 is 15.1 Å². The third kappa shape index (κ3) is 3.39. The first kappa shape index (κ1) is 17.5. The molecule has 2 fully saturated rings. The highest BCUT2D eigenvalue weighted by Gasteiger charge is 2.58. The summed E-state index contributed by atoms with van der Waals surface area (Å²) in [6.45, 7) is 2.10. The third-order valence-electron chi connectivity index (χ3n) is 5.39. The number of carbonyl (C=O) groups excluding carboxylic acids is 2. The normalized spacial score (nSPS) is 18.1. The van der Waals surface area contributed by atoms with Gasteiger partial charge in [0.15, 0.2) is 0 Å². The lowest BCUT2D eigenvalue weighted by atomic mass is 10.0. The second kappa shape index (κ2) is 7.02. The molecule has 2 amide bonds. The molecule has 6 heteroatoms. The number of para-hydroxylation sites is 2. The van der Waals surface area contributed by atoms with Crippen LogP contribution in [0.2, 0.25) is 0 Å². The summed E-state index contributed by atoms with van der Waals surface area (Å²) in [5, 5.41) is 2.86. The van der Waals surface area contributed by atoms with Gasteiger partial charge in [0.2, 0.25) is 11.8 Å². The second-order valence-corrected chi connectivity index (χ2v) is 7.13. The van der Waals surface area contributed by atoms with E-state index in [4.69, 9.17) is 0 Å². The lowest BCUT2D eigenvalue weighted by Gasteiger charge is -2.37. The Balaban J connectivity index is 1.39. The van der Waals surface area contributed by atoms with E-state index in [0.29, 0.717) is 50.4 Å². The Bertz CT molecular complexity index is 844. The van der Waals surface area contributed by atoms with Crippen molar-refractivity contribution >= 4 is 23.2 Å². The summed E-state index contributed by atoms with van der Waals surface area (Å²) in [5.74, 6) is -0.586. The molecule has 2 aromatic rings. The first-order valence-corrected chi connectivity index (χ1v) is 9.25. The zero-order chi connectivity index (χ0) is 18.9. The van der Waals surface area contributed by atoms with Crippen molar-refractivity contribution in [3.63, 3.8) is 0 Å². The Kier molecular flexibility index (Phi) is 4.56. The van der Waals surface area contributed by atoms with E-state index in [9.17, 15) is 14.0 Å². The first-order chi connectivity index (χ1) is 13.1. The quantitative estimate of drug-likeness (QED) is 0.846. The summed E-state index contributed by atoms with van der Waals surface area (Å²) in [7, 11) is 0. The molecular formula is C21H22FN3O2. The van der Waals surface area contributed by atoms with Crippen LogP contribution in [0.3, 0.4) is 0 Å². The second-order valence-electron chi connectivity index (χ2n) is 7.13. The maximum Gasteiger partial charge on any atom is 0.240 e. The molecule has 0 bridgehead atoms. The van der Waals surface area contributed by atoms with Gasteiger partial charge in [-0.25, -0.2) is 4.39 Å². The van der Waals surface area contributed by atoms with Crippen molar-refractivity contribution in [2.45, 2.75) is 12.8 Å². The van der Waals surface area contributed by atoms with Gasteiger partial charge in [0.05, 0.1) is 5.69 Å². The van der Waals surface area contributed by atoms with Crippen molar-refractivity contribution in [3.8, 4) is 0 Å². The third-order valence-corrected chi connectivity index (χ3v) is 5.39. The van der Waals surface area contributed by atoms with Crippen LogP contribution >= 0.6 is 0 Å². The van der Waals surface area contributed by atoms with Gasteiger partial charge in [0.1, 0.15) is 11.2 Å². The van der Waals surface area contributed by atoms with E-state index in [-0.39, 0.29) is 17.6 Å². The van der Waals surface area contributed by atoms with E-state index in [1.807, 2.05) is 41.3 Å². The lowest BCUT2D eigenvalue weighted by Crippen LogP contribution is -2.52. The summed E-state index contributed by atoms with van der Waals surface area (Å²) in [6.07, 6.45) is 1.16. The molecule has 1 saturated heterocycles. The van der Waals surface area contributed by atoms with E-state index >= 15 is 0 Å². The molecular weight excluding hydrogens is 345 g/mol. The fourth-order valence-corrected chi connectivity index (χ4v) is 3.60. The van der Waals surface area contributed by atoms with E-state index in [1.54, 1.807) is 17.0 Å². The number of hydrogen-bond acceptors (Lipinski definition) is 3. The molecule has 0 radical (unpaired) electrons. The van der Waals surface area contributed by atoms with E-state index in [1.165, 1.54) is 6.07 Å². The van der Waals surface area contributed by atoms with Gasteiger partial charge in [-0.15, -0.1) is 0 Å². The van der Waals surface area contributed by atoms with Gasteiger partial charge in [0.25, 0.3) is 0 Å². The number of carbonyl (C=O) groups is 2. The molecule has 0 spiro atoms. The molecule has 1 aliphatic heterocycles. The van der Waals surface area contributed by atoms with Crippen LogP contribution in [0.4, 0.5) is 15.8 Å². The Morgan fingerprint density at radius 1 is 0.889 bits per heavy atom. The van der Waals surface area contributed by atoms with Gasteiger partial charge in [0, 0.05) is 31.9 Å². The average molecular weight is 367 g/mol. The molecule has 1 N–H and O–H groups in total. The molecule has 27 heavy (non-hydrogen) atoms. The van der Waals surface area contributed by atoms with Crippen LogP contribution in [0, 0.1) is 11.2 Å². The molecule has 2 aromatic carbocycles. The largest absolute Gasteiger partial charge is 0.366 e. The molecule has 1 aliphatic carbocycles. The molecule has 5 nitrogen and oxygen atoms in total. The van der Waals surface area contributed by atoms with Crippen molar-refractivity contribution in [1.82, 2.24) is 4.90 Å². The number of halogens is 1. The van der Waals surface area contributed by atoms with Crippen molar-refractivity contribution in [2.24, 2.45) is 5.41 Å². The highest BCUT2D eigenvalue weighted by molar-refractivity contribution is 6.13. The number of piperazine rings is 1.